The Morgan fingerprint density at radius 3 is 2.45 bits per heavy atom. The minimum Gasteiger partial charge on any atom is -0.497 e. The van der Waals surface area contributed by atoms with Crippen LogP contribution in [0.15, 0.2) is 53.6 Å². The van der Waals surface area contributed by atoms with Crippen molar-refractivity contribution in [1.82, 2.24) is 14.5 Å². The third-order valence-electron chi connectivity index (χ3n) is 5.37. The number of nitrogens with zero attached hydrogens (tertiary/aromatic N) is 3. The van der Waals surface area contributed by atoms with Gasteiger partial charge in [0.15, 0.2) is 0 Å². The van der Waals surface area contributed by atoms with Crippen LogP contribution >= 0.6 is 0 Å². The monoisotopic (exact) mass is 419 g/mol. The Labute approximate surface area is 178 Å². The van der Waals surface area contributed by atoms with Gasteiger partial charge < -0.3 is 9.47 Å². The number of pyridine rings is 1. The summed E-state index contributed by atoms with van der Waals surface area (Å²) in [5, 5.41) is 0.181. The summed E-state index contributed by atoms with van der Waals surface area (Å²) in [5.41, 5.74) is 3.67. The highest BCUT2D eigenvalue weighted by Crippen LogP contribution is 2.34. The first kappa shape index (κ1) is 20.5. The molecule has 2 heterocycles. The molecule has 0 saturated carbocycles. The van der Waals surface area contributed by atoms with Crippen molar-refractivity contribution in [3.8, 4) is 22.8 Å². The maximum absolute atomic E-state index is 14.5. The molecular formula is C24H22FN3O3. The number of hydrogen-bond donors (Lipinski definition) is 0. The lowest BCUT2D eigenvalue weighted by Crippen LogP contribution is -2.22. The number of benzene rings is 2. The van der Waals surface area contributed by atoms with E-state index in [1.807, 2.05) is 50.2 Å². The molecule has 0 aliphatic heterocycles. The van der Waals surface area contributed by atoms with E-state index in [9.17, 15) is 9.18 Å². The number of fused-ring (bicyclic) bond motifs is 1. The van der Waals surface area contributed by atoms with E-state index in [4.69, 9.17) is 9.47 Å². The van der Waals surface area contributed by atoms with E-state index in [2.05, 4.69) is 9.97 Å². The third kappa shape index (κ3) is 3.74. The van der Waals surface area contributed by atoms with Crippen molar-refractivity contribution < 1.29 is 13.9 Å². The Hall–Kier alpha value is -3.74. The van der Waals surface area contributed by atoms with Crippen molar-refractivity contribution in [3.05, 3.63) is 81.8 Å². The smallest absolute Gasteiger partial charge is 0.261 e. The van der Waals surface area contributed by atoms with E-state index in [-0.39, 0.29) is 10.9 Å². The molecule has 0 radical (unpaired) electrons. The SMILES string of the molecule is COc1ccc(Cn2cnc3c(-c4c(C)ccc(OC)c4C)nc(F)cc3c2=O)cc1. The van der Waals surface area contributed by atoms with Gasteiger partial charge in [-0.1, -0.05) is 18.2 Å². The Morgan fingerprint density at radius 2 is 1.77 bits per heavy atom. The van der Waals surface area contributed by atoms with Gasteiger partial charge in [0.2, 0.25) is 5.95 Å². The summed E-state index contributed by atoms with van der Waals surface area (Å²) in [4.78, 5) is 21.8. The number of aryl methyl sites for hydroxylation is 1. The van der Waals surface area contributed by atoms with E-state index < -0.39 is 5.95 Å². The lowest BCUT2D eigenvalue weighted by Gasteiger charge is -2.15. The second kappa shape index (κ2) is 8.18. The molecule has 0 saturated heterocycles. The fraction of sp³-hybridized carbons (Fsp3) is 0.208. The molecule has 158 valence electrons. The number of hydrogen-bond acceptors (Lipinski definition) is 5. The molecular weight excluding hydrogens is 397 g/mol. The predicted octanol–water partition coefficient (Wildman–Crippen LogP) is 4.28. The minimum atomic E-state index is -0.731. The topological polar surface area (TPSA) is 66.2 Å². The summed E-state index contributed by atoms with van der Waals surface area (Å²) in [6, 6.07) is 12.3. The largest absolute Gasteiger partial charge is 0.497 e. The molecule has 0 atom stereocenters. The second-order valence-corrected chi connectivity index (χ2v) is 7.30. The molecule has 2 aromatic carbocycles. The van der Waals surface area contributed by atoms with Crippen LogP contribution in [-0.2, 0) is 6.54 Å². The van der Waals surface area contributed by atoms with E-state index >= 15 is 0 Å². The normalized spacial score (nSPS) is 11.0. The lowest BCUT2D eigenvalue weighted by atomic mass is 9.97. The summed E-state index contributed by atoms with van der Waals surface area (Å²) < 4.78 is 26.6. The van der Waals surface area contributed by atoms with Gasteiger partial charge in [-0.2, -0.15) is 4.39 Å². The van der Waals surface area contributed by atoms with Gasteiger partial charge in [-0.25, -0.2) is 9.97 Å². The van der Waals surface area contributed by atoms with E-state index in [0.29, 0.717) is 29.1 Å². The van der Waals surface area contributed by atoms with Gasteiger partial charge in [0.1, 0.15) is 22.7 Å². The van der Waals surface area contributed by atoms with Crippen molar-refractivity contribution >= 4 is 10.9 Å². The standard InChI is InChI=1S/C24H22FN3O3/c1-14-5-10-19(31-4)15(2)21(14)23-22-18(11-20(25)27-23)24(29)28(13-26-22)12-16-6-8-17(30-3)9-7-16/h5-11,13H,12H2,1-4H3. The summed E-state index contributed by atoms with van der Waals surface area (Å²) in [6.07, 6.45) is 1.48. The average molecular weight is 419 g/mol. The molecule has 0 aliphatic rings. The predicted molar refractivity (Wildman–Crippen MR) is 117 cm³/mol. The zero-order valence-electron chi connectivity index (χ0n) is 17.8. The molecule has 6 nitrogen and oxygen atoms in total. The number of aromatic nitrogens is 3. The van der Waals surface area contributed by atoms with Crippen molar-refractivity contribution in [1.29, 1.82) is 0 Å². The minimum absolute atomic E-state index is 0.181. The number of ether oxygens (including phenoxy) is 2. The van der Waals surface area contributed by atoms with E-state index in [0.717, 1.165) is 28.5 Å². The number of methoxy groups -OCH3 is 2. The molecule has 4 aromatic rings. The maximum Gasteiger partial charge on any atom is 0.261 e. The zero-order chi connectivity index (χ0) is 22.1. The average Bonchev–Trinajstić information content (AvgIpc) is 2.76. The Bertz CT molecular complexity index is 1330. The van der Waals surface area contributed by atoms with Crippen LogP contribution < -0.4 is 15.0 Å². The molecule has 0 spiro atoms. The molecule has 0 bridgehead atoms. The number of rotatable bonds is 5. The summed E-state index contributed by atoms with van der Waals surface area (Å²) in [7, 11) is 3.17. The fourth-order valence-corrected chi connectivity index (χ4v) is 3.76. The summed E-state index contributed by atoms with van der Waals surface area (Å²) in [6.45, 7) is 4.10. The van der Waals surface area contributed by atoms with Crippen molar-refractivity contribution in [2.45, 2.75) is 20.4 Å². The first-order valence-corrected chi connectivity index (χ1v) is 9.76. The first-order chi connectivity index (χ1) is 14.9. The van der Waals surface area contributed by atoms with Gasteiger partial charge in [-0.05, 0) is 43.2 Å². The fourth-order valence-electron chi connectivity index (χ4n) is 3.76. The van der Waals surface area contributed by atoms with Crippen molar-refractivity contribution in [2.24, 2.45) is 0 Å². The molecule has 4 rings (SSSR count). The van der Waals surface area contributed by atoms with Gasteiger partial charge in [0, 0.05) is 17.2 Å². The molecule has 0 unspecified atom stereocenters. The van der Waals surface area contributed by atoms with Crippen LogP contribution in [0.1, 0.15) is 16.7 Å². The second-order valence-electron chi connectivity index (χ2n) is 7.30. The van der Waals surface area contributed by atoms with Gasteiger partial charge in [-0.15, -0.1) is 0 Å². The molecule has 0 amide bonds. The van der Waals surface area contributed by atoms with Gasteiger partial charge in [0.05, 0.1) is 32.5 Å². The van der Waals surface area contributed by atoms with Crippen LogP contribution in [0.5, 0.6) is 11.5 Å². The summed E-state index contributed by atoms with van der Waals surface area (Å²) in [5.74, 6) is 0.660. The highest BCUT2D eigenvalue weighted by atomic mass is 19.1. The van der Waals surface area contributed by atoms with Crippen LogP contribution in [-0.4, -0.2) is 28.8 Å². The third-order valence-corrected chi connectivity index (χ3v) is 5.37. The molecule has 0 fully saturated rings. The van der Waals surface area contributed by atoms with Crippen LogP contribution in [0.25, 0.3) is 22.2 Å². The van der Waals surface area contributed by atoms with Gasteiger partial charge in [-0.3, -0.25) is 9.36 Å². The quantitative estimate of drug-likeness (QED) is 0.452. The summed E-state index contributed by atoms with van der Waals surface area (Å²) >= 11 is 0. The molecule has 0 aliphatic carbocycles. The van der Waals surface area contributed by atoms with Crippen LogP contribution in [0, 0.1) is 19.8 Å². The first-order valence-electron chi connectivity index (χ1n) is 9.76. The molecule has 7 heteroatoms. The highest BCUT2D eigenvalue weighted by molar-refractivity contribution is 5.92. The Balaban J connectivity index is 1.87. The number of halogens is 1. The van der Waals surface area contributed by atoms with E-state index in [1.165, 1.54) is 10.9 Å². The molecule has 0 N–H and O–H groups in total. The van der Waals surface area contributed by atoms with Crippen LogP contribution in [0.3, 0.4) is 0 Å². The van der Waals surface area contributed by atoms with Crippen LogP contribution in [0.2, 0.25) is 0 Å². The highest BCUT2D eigenvalue weighted by Gasteiger charge is 2.19. The lowest BCUT2D eigenvalue weighted by molar-refractivity contribution is 0.412. The molecule has 2 aromatic heterocycles. The molecule has 31 heavy (non-hydrogen) atoms. The van der Waals surface area contributed by atoms with Gasteiger partial charge >= 0.3 is 0 Å². The van der Waals surface area contributed by atoms with Crippen LogP contribution in [0.4, 0.5) is 4.39 Å². The van der Waals surface area contributed by atoms with Crippen molar-refractivity contribution in [3.63, 3.8) is 0 Å². The zero-order valence-corrected chi connectivity index (χ0v) is 17.8. The Kier molecular flexibility index (Phi) is 5.42. The van der Waals surface area contributed by atoms with Gasteiger partial charge in [0.25, 0.3) is 5.56 Å². The van der Waals surface area contributed by atoms with Crippen molar-refractivity contribution in [2.75, 3.05) is 14.2 Å². The van der Waals surface area contributed by atoms with E-state index in [1.54, 1.807) is 14.2 Å². The maximum atomic E-state index is 14.5. The Morgan fingerprint density at radius 1 is 1.03 bits per heavy atom.